The number of rotatable bonds is 17. The first-order valence-electron chi connectivity index (χ1n) is 15.6. The number of halogens is 1. The molecule has 3 aromatic rings. The van der Waals surface area contributed by atoms with Gasteiger partial charge < -0.3 is 29.8 Å². The molecule has 4 rings (SSSR count). The molecule has 0 spiro atoms. The van der Waals surface area contributed by atoms with Crippen molar-refractivity contribution < 1.29 is 28.7 Å². The third kappa shape index (κ3) is 9.65. The number of benzene rings is 3. The quantitative estimate of drug-likeness (QED) is 0.0783. The number of alkyl halides is 1. The fraction of sp³-hybridized carbons (Fsp3) is 0.361. The van der Waals surface area contributed by atoms with Gasteiger partial charge in [0.15, 0.2) is 17.8 Å². The average molecular weight is 661 g/mol. The van der Waals surface area contributed by atoms with Crippen LogP contribution in [0.2, 0.25) is 0 Å². The van der Waals surface area contributed by atoms with Crippen molar-refractivity contribution in [2.24, 2.45) is 10.9 Å². The summed E-state index contributed by atoms with van der Waals surface area (Å²) in [6, 6.07) is 17.0. The average Bonchev–Trinajstić information content (AvgIpc) is 3.41. The first kappa shape index (κ1) is 35.2. The van der Waals surface area contributed by atoms with E-state index in [-0.39, 0.29) is 36.9 Å². The highest BCUT2D eigenvalue weighted by Gasteiger charge is 2.24. The van der Waals surface area contributed by atoms with Crippen LogP contribution in [0, 0.1) is 5.92 Å². The van der Waals surface area contributed by atoms with Crippen LogP contribution >= 0.6 is 11.6 Å². The minimum Gasteiger partial charge on any atom is -0.493 e. The first-order chi connectivity index (χ1) is 22.8. The molecule has 0 fully saturated rings. The minimum atomic E-state index is -0.481. The van der Waals surface area contributed by atoms with Crippen molar-refractivity contribution in [1.29, 1.82) is 0 Å². The zero-order chi connectivity index (χ0) is 33.8. The molecule has 10 nitrogen and oxygen atoms in total. The Morgan fingerprint density at radius 1 is 1.09 bits per heavy atom. The molecule has 47 heavy (non-hydrogen) atoms. The number of amides is 2. The van der Waals surface area contributed by atoms with Gasteiger partial charge >= 0.3 is 0 Å². The maximum atomic E-state index is 12.9. The molecule has 2 amide bonds. The first-order valence-corrected chi connectivity index (χ1v) is 16.1. The van der Waals surface area contributed by atoms with Crippen molar-refractivity contribution in [2.75, 3.05) is 30.9 Å². The number of nitrogens with one attached hydrogen (secondary N) is 2. The number of likely N-dealkylation sites (N-methyl/N-ethyl adjacent to an activating group) is 1. The third-order valence-corrected chi connectivity index (χ3v) is 8.33. The second-order valence-electron chi connectivity index (χ2n) is 11.5. The van der Waals surface area contributed by atoms with Crippen LogP contribution in [0.3, 0.4) is 0 Å². The van der Waals surface area contributed by atoms with Crippen molar-refractivity contribution in [2.45, 2.75) is 57.6 Å². The molecule has 3 aromatic carbocycles. The van der Waals surface area contributed by atoms with E-state index in [4.69, 9.17) is 21.1 Å². The number of ether oxygens (including phenoxy) is 2. The van der Waals surface area contributed by atoms with Gasteiger partial charge in [0, 0.05) is 61.5 Å². The highest BCUT2D eigenvalue weighted by atomic mass is 35.5. The van der Waals surface area contributed by atoms with Crippen molar-refractivity contribution in [3.63, 3.8) is 0 Å². The second kappa shape index (κ2) is 17.3. The van der Waals surface area contributed by atoms with E-state index in [1.807, 2.05) is 31.5 Å². The summed E-state index contributed by atoms with van der Waals surface area (Å²) in [6.45, 7) is 2.05. The lowest BCUT2D eigenvalue weighted by Crippen LogP contribution is -2.34. The largest absolute Gasteiger partial charge is 0.493 e. The molecule has 11 heteroatoms. The van der Waals surface area contributed by atoms with Crippen LogP contribution < -0.4 is 25.0 Å². The molecule has 1 aliphatic rings. The van der Waals surface area contributed by atoms with E-state index in [1.165, 1.54) is 12.7 Å². The van der Waals surface area contributed by atoms with Gasteiger partial charge in [-0.15, -0.1) is 11.6 Å². The maximum absolute atomic E-state index is 12.9. The molecular formula is C36H41ClN4O6. The Bertz CT molecular complexity index is 1610. The summed E-state index contributed by atoms with van der Waals surface area (Å²) in [7, 11) is 3.53. The van der Waals surface area contributed by atoms with Crippen LogP contribution in [0.15, 0.2) is 59.6 Å². The van der Waals surface area contributed by atoms with E-state index in [9.17, 15) is 19.2 Å². The number of hydrogen-bond donors (Lipinski definition) is 2. The van der Waals surface area contributed by atoms with Crippen molar-refractivity contribution >= 4 is 59.3 Å². The van der Waals surface area contributed by atoms with Gasteiger partial charge in [-0.2, -0.15) is 0 Å². The van der Waals surface area contributed by atoms with Crippen LogP contribution in [0.1, 0.15) is 59.7 Å². The Morgan fingerprint density at radius 3 is 2.60 bits per heavy atom. The van der Waals surface area contributed by atoms with Crippen LogP contribution in [-0.4, -0.2) is 57.3 Å². The third-order valence-electron chi connectivity index (χ3n) is 8.02. The van der Waals surface area contributed by atoms with Crippen molar-refractivity contribution in [3.8, 4) is 11.5 Å². The monoisotopic (exact) mass is 660 g/mol. The molecule has 0 aromatic heterocycles. The molecule has 0 saturated carbocycles. The zero-order valence-electron chi connectivity index (χ0n) is 27.0. The van der Waals surface area contributed by atoms with Crippen LogP contribution in [0.5, 0.6) is 11.5 Å². The summed E-state index contributed by atoms with van der Waals surface area (Å²) < 4.78 is 11.7. The van der Waals surface area contributed by atoms with Crippen LogP contribution in [0.25, 0.3) is 0 Å². The molecular weight excluding hydrogens is 620 g/mol. The van der Waals surface area contributed by atoms with Crippen molar-refractivity contribution in [1.82, 2.24) is 5.32 Å². The predicted molar refractivity (Wildman–Crippen MR) is 185 cm³/mol. The Labute approximate surface area is 280 Å². The number of carbonyl (C=O) groups excluding carboxylic acids is 4. The summed E-state index contributed by atoms with van der Waals surface area (Å²) in [6.07, 6.45) is 6.28. The predicted octanol–water partition coefficient (Wildman–Crippen LogP) is 6.04. The van der Waals surface area contributed by atoms with Gasteiger partial charge in [0.05, 0.1) is 24.8 Å². The SMILES string of the molecule is COc1cc(C=O)c(/N=C\C2Cc3ccccc3N2C)cc1OCc1cc(CCl)cc(NC(=O)C(C)CNC(=O)CCCCC=O)c1. The van der Waals surface area contributed by atoms with Crippen LogP contribution in [0.4, 0.5) is 17.1 Å². The molecule has 0 saturated heterocycles. The fourth-order valence-electron chi connectivity index (χ4n) is 5.31. The molecule has 0 aliphatic carbocycles. The number of methoxy groups -OCH3 is 1. The van der Waals surface area contributed by atoms with E-state index < -0.39 is 5.92 Å². The number of fused-ring (bicyclic) bond motifs is 1. The van der Waals surface area contributed by atoms with Gasteiger partial charge in [-0.05, 0) is 60.2 Å². The molecule has 2 unspecified atom stereocenters. The summed E-state index contributed by atoms with van der Waals surface area (Å²) in [5.41, 5.74) is 5.34. The lowest BCUT2D eigenvalue weighted by Gasteiger charge is -2.19. The van der Waals surface area contributed by atoms with Crippen molar-refractivity contribution in [3.05, 3.63) is 76.9 Å². The van der Waals surface area contributed by atoms with Gasteiger partial charge in [0.25, 0.3) is 0 Å². The highest BCUT2D eigenvalue weighted by molar-refractivity contribution is 6.17. The number of aliphatic imine (C=N–C) groups is 1. The van der Waals surface area contributed by atoms with E-state index in [2.05, 4.69) is 32.7 Å². The Balaban J connectivity index is 1.42. The molecule has 248 valence electrons. The molecule has 2 atom stereocenters. The molecule has 0 radical (unpaired) electrons. The number of hydrogen-bond acceptors (Lipinski definition) is 8. The number of aldehydes is 2. The lowest BCUT2D eigenvalue weighted by atomic mass is 10.1. The van der Waals surface area contributed by atoms with E-state index in [1.54, 1.807) is 31.2 Å². The number of anilines is 2. The number of nitrogens with zero attached hydrogens (tertiary/aromatic N) is 2. The normalized spacial score (nSPS) is 14.4. The smallest absolute Gasteiger partial charge is 0.228 e. The standard InChI is InChI=1S/C36H41ClN4O6/c1-24(20-39-35(44)11-5-4-8-12-42)36(45)40-29-14-25(19-37)13-26(15-29)23-47-34-18-31(28(22-43)17-33(34)46-3)38-21-30-16-27-9-6-7-10-32(27)41(30)2/h6-7,9-10,12-15,17-18,21-22,24,30H,4-5,8,11,16,19-20,23H2,1-3H3,(H,39,44)(H,40,45)/b38-21-. The van der Waals surface area contributed by atoms with Gasteiger partial charge in [0.1, 0.15) is 12.9 Å². The number of para-hydroxylation sites is 1. The number of unbranched alkanes of at least 4 members (excludes halogenated alkanes) is 2. The summed E-state index contributed by atoms with van der Waals surface area (Å²) >= 11 is 6.17. The topological polar surface area (TPSA) is 126 Å². The van der Waals surface area contributed by atoms with Crippen LogP contribution in [-0.2, 0) is 33.3 Å². The molecule has 0 bridgehead atoms. The van der Waals surface area contributed by atoms with Gasteiger partial charge in [-0.3, -0.25) is 19.4 Å². The Kier molecular flexibility index (Phi) is 12.9. The van der Waals surface area contributed by atoms with E-state index in [0.717, 1.165) is 35.8 Å². The summed E-state index contributed by atoms with van der Waals surface area (Å²) in [5, 5.41) is 5.69. The van der Waals surface area contributed by atoms with Gasteiger partial charge in [-0.25, -0.2) is 0 Å². The lowest BCUT2D eigenvalue weighted by molar-refractivity contribution is -0.122. The highest BCUT2D eigenvalue weighted by Crippen LogP contribution is 2.36. The minimum absolute atomic E-state index is 0.0449. The Morgan fingerprint density at radius 2 is 1.87 bits per heavy atom. The summed E-state index contributed by atoms with van der Waals surface area (Å²) in [4.78, 5) is 54.2. The summed E-state index contributed by atoms with van der Waals surface area (Å²) in [5.74, 6) is 0.132. The molecule has 2 N–H and O–H groups in total. The second-order valence-corrected chi connectivity index (χ2v) is 11.8. The van der Waals surface area contributed by atoms with Gasteiger partial charge in [0.2, 0.25) is 11.8 Å². The van der Waals surface area contributed by atoms with E-state index >= 15 is 0 Å². The maximum Gasteiger partial charge on any atom is 0.228 e. The van der Waals surface area contributed by atoms with Gasteiger partial charge in [-0.1, -0.05) is 31.2 Å². The number of carbonyl (C=O) groups is 4. The van der Waals surface area contributed by atoms with E-state index in [0.29, 0.717) is 54.1 Å². The fourth-order valence-corrected chi connectivity index (χ4v) is 5.47. The zero-order valence-corrected chi connectivity index (χ0v) is 27.7. The molecule has 1 heterocycles. The molecule has 1 aliphatic heterocycles. The Hall–Kier alpha value is -4.70.